The van der Waals surface area contributed by atoms with Crippen molar-refractivity contribution < 1.29 is 0 Å². The molecule has 0 aliphatic carbocycles. The summed E-state index contributed by atoms with van der Waals surface area (Å²) in [6, 6.07) is 16.1. The van der Waals surface area contributed by atoms with Gasteiger partial charge in [0.15, 0.2) is 0 Å². The maximum absolute atomic E-state index is 6.23. The molecule has 2 aromatic carbocycles. The molecule has 1 aromatic heterocycles. The van der Waals surface area contributed by atoms with E-state index in [-0.39, 0.29) is 5.38 Å². The van der Waals surface area contributed by atoms with Gasteiger partial charge >= 0.3 is 0 Å². The smallest absolute Gasteiger partial charge is 0.208 e. The number of anilines is 2. The van der Waals surface area contributed by atoms with Gasteiger partial charge in [-0.05, 0) is 30.7 Å². The number of imidazole rings is 1. The standard InChI is InChI=1S/C16H16ClN3/c1-11(17)12-7-3-4-8-13(12)18-16-19-14-9-5-6-10-15(14)20(16)2/h3-11H,1-2H3,(H,18,19). The number of nitrogens with zero attached hydrogens (tertiary/aromatic N) is 2. The van der Waals surface area contributed by atoms with E-state index in [0.29, 0.717) is 0 Å². The highest BCUT2D eigenvalue weighted by Crippen LogP contribution is 2.30. The second kappa shape index (κ2) is 5.17. The van der Waals surface area contributed by atoms with Gasteiger partial charge in [0.1, 0.15) is 0 Å². The van der Waals surface area contributed by atoms with Gasteiger partial charge in [-0.3, -0.25) is 0 Å². The van der Waals surface area contributed by atoms with Gasteiger partial charge in [-0.1, -0.05) is 30.3 Å². The van der Waals surface area contributed by atoms with Crippen molar-refractivity contribution in [1.82, 2.24) is 9.55 Å². The van der Waals surface area contributed by atoms with Gasteiger partial charge in [0, 0.05) is 12.7 Å². The summed E-state index contributed by atoms with van der Waals surface area (Å²) in [5, 5.41) is 3.33. The van der Waals surface area contributed by atoms with E-state index >= 15 is 0 Å². The van der Waals surface area contributed by atoms with Gasteiger partial charge in [-0.15, -0.1) is 11.6 Å². The van der Waals surface area contributed by atoms with Gasteiger partial charge in [-0.2, -0.15) is 0 Å². The van der Waals surface area contributed by atoms with E-state index in [4.69, 9.17) is 11.6 Å². The zero-order valence-electron chi connectivity index (χ0n) is 11.5. The fourth-order valence-electron chi connectivity index (χ4n) is 2.34. The molecule has 3 nitrogen and oxygen atoms in total. The largest absolute Gasteiger partial charge is 0.325 e. The van der Waals surface area contributed by atoms with Gasteiger partial charge in [0.2, 0.25) is 5.95 Å². The Balaban J connectivity index is 2.04. The van der Waals surface area contributed by atoms with Crippen LogP contribution in [0.2, 0.25) is 0 Å². The number of rotatable bonds is 3. The SMILES string of the molecule is CC(Cl)c1ccccc1Nc1nc2ccccc2n1C. The lowest BCUT2D eigenvalue weighted by molar-refractivity contribution is 0.955. The molecule has 0 amide bonds. The number of benzene rings is 2. The number of hydrogen-bond acceptors (Lipinski definition) is 2. The average Bonchev–Trinajstić information content (AvgIpc) is 2.76. The number of halogens is 1. The van der Waals surface area contributed by atoms with Gasteiger partial charge in [-0.25, -0.2) is 4.98 Å². The average molecular weight is 286 g/mol. The van der Waals surface area contributed by atoms with E-state index in [1.54, 1.807) is 0 Å². The number of nitrogens with one attached hydrogen (secondary N) is 1. The summed E-state index contributed by atoms with van der Waals surface area (Å²) in [7, 11) is 2.00. The van der Waals surface area contributed by atoms with Crippen molar-refractivity contribution in [2.75, 3.05) is 5.32 Å². The zero-order chi connectivity index (χ0) is 14.1. The Bertz CT molecular complexity index is 746. The number of aromatic nitrogens is 2. The second-order valence-corrected chi connectivity index (χ2v) is 5.47. The van der Waals surface area contributed by atoms with Crippen LogP contribution in [0.5, 0.6) is 0 Å². The Morgan fingerprint density at radius 3 is 2.55 bits per heavy atom. The van der Waals surface area contributed by atoms with E-state index in [1.165, 1.54) is 0 Å². The quantitative estimate of drug-likeness (QED) is 0.712. The maximum Gasteiger partial charge on any atom is 0.208 e. The third-order valence-corrected chi connectivity index (χ3v) is 3.66. The van der Waals surface area contributed by atoms with Crippen LogP contribution in [-0.2, 0) is 7.05 Å². The third kappa shape index (κ3) is 2.25. The normalized spacial score (nSPS) is 12.6. The summed E-state index contributed by atoms with van der Waals surface area (Å²) in [6.45, 7) is 1.97. The van der Waals surface area contributed by atoms with Crippen molar-refractivity contribution in [2.45, 2.75) is 12.3 Å². The molecule has 0 fully saturated rings. The molecule has 20 heavy (non-hydrogen) atoms. The molecule has 0 aliphatic heterocycles. The molecule has 1 unspecified atom stereocenters. The summed E-state index contributed by atoms with van der Waals surface area (Å²) in [6.07, 6.45) is 0. The zero-order valence-corrected chi connectivity index (χ0v) is 12.2. The molecule has 1 N–H and O–H groups in total. The lowest BCUT2D eigenvalue weighted by atomic mass is 10.1. The fraction of sp³-hybridized carbons (Fsp3) is 0.188. The van der Waals surface area contributed by atoms with Crippen LogP contribution in [0.15, 0.2) is 48.5 Å². The molecule has 1 heterocycles. The molecule has 4 heteroatoms. The van der Waals surface area contributed by atoms with Crippen LogP contribution < -0.4 is 5.32 Å². The summed E-state index contributed by atoms with van der Waals surface area (Å²) in [4.78, 5) is 4.62. The molecule has 0 spiro atoms. The highest BCUT2D eigenvalue weighted by atomic mass is 35.5. The number of alkyl halides is 1. The first-order chi connectivity index (χ1) is 9.66. The van der Waals surface area contributed by atoms with Crippen molar-refractivity contribution in [2.24, 2.45) is 7.05 Å². The molecule has 0 saturated heterocycles. The van der Waals surface area contributed by atoms with E-state index in [9.17, 15) is 0 Å². The molecule has 0 bridgehead atoms. The first-order valence-electron chi connectivity index (χ1n) is 6.58. The first-order valence-corrected chi connectivity index (χ1v) is 7.02. The van der Waals surface area contributed by atoms with Gasteiger partial charge in [0.05, 0.1) is 16.4 Å². The third-order valence-electron chi connectivity index (χ3n) is 3.42. The van der Waals surface area contributed by atoms with Crippen molar-refractivity contribution in [3.05, 3.63) is 54.1 Å². The minimum Gasteiger partial charge on any atom is -0.325 e. The molecule has 0 saturated carbocycles. The highest BCUT2D eigenvalue weighted by molar-refractivity contribution is 6.21. The van der Waals surface area contributed by atoms with Gasteiger partial charge in [0.25, 0.3) is 0 Å². The minimum atomic E-state index is -0.0478. The summed E-state index contributed by atoms with van der Waals surface area (Å²) in [5.74, 6) is 0.816. The molecule has 1 atom stereocenters. The van der Waals surface area contributed by atoms with Gasteiger partial charge < -0.3 is 9.88 Å². The number of hydrogen-bond donors (Lipinski definition) is 1. The fourth-order valence-corrected chi connectivity index (χ4v) is 2.53. The molecule has 3 aromatic rings. The first kappa shape index (κ1) is 13.0. The molecule has 102 valence electrons. The topological polar surface area (TPSA) is 29.9 Å². The molecule has 0 radical (unpaired) electrons. The van der Waals surface area contributed by atoms with Crippen molar-refractivity contribution >= 4 is 34.3 Å². The summed E-state index contributed by atoms with van der Waals surface area (Å²) >= 11 is 6.23. The predicted octanol–water partition coefficient (Wildman–Crippen LogP) is 4.62. The number of para-hydroxylation sites is 3. The van der Waals surface area contributed by atoms with Crippen LogP contribution in [0.25, 0.3) is 11.0 Å². The Labute approximate surface area is 123 Å². The second-order valence-electron chi connectivity index (χ2n) is 4.81. The predicted molar refractivity (Wildman–Crippen MR) is 84.7 cm³/mol. The van der Waals surface area contributed by atoms with Crippen LogP contribution in [0.3, 0.4) is 0 Å². The van der Waals surface area contributed by atoms with Crippen molar-refractivity contribution in [1.29, 1.82) is 0 Å². The summed E-state index contributed by atoms with van der Waals surface area (Å²) in [5.41, 5.74) is 4.15. The van der Waals surface area contributed by atoms with Crippen LogP contribution in [0.1, 0.15) is 17.9 Å². The molecular formula is C16H16ClN3. The summed E-state index contributed by atoms with van der Waals surface area (Å²) < 4.78 is 2.05. The monoisotopic (exact) mass is 285 g/mol. The molecule has 0 aliphatic rings. The Morgan fingerprint density at radius 1 is 1.10 bits per heavy atom. The number of fused-ring (bicyclic) bond motifs is 1. The van der Waals surface area contributed by atoms with E-state index in [1.807, 2.05) is 61.0 Å². The maximum atomic E-state index is 6.23. The van der Waals surface area contributed by atoms with Crippen LogP contribution in [-0.4, -0.2) is 9.55 Å². The Kier molecular flexibility index (Phi) is 3.36. The lowest BCUT2D eigenvalue weighted by Gasteiger charge is -2.13. The number of aryl methyl sites for hydroxylation is 1. The molecular weight excluding hydrogens is 270 g/mol. The van der Waals surface area contributed by atoms with Crippen molar-refractivity contribution in [3.63, 3.8) is 0 Å². The van der Waals surface area contributed by atoms with Crippen LogP contribution in [0.4, 0.5) is 11.6 Å². The van der Waals surface area contributed by atoms with E-state index in [0.717, 1.165) is 28.2 Å². The molecule has 3 rings (SSSR count). The Hall–Kier alpha value is -2.00. The highest BCUT2D eigenvalue weighted by Gasteiger charge is 2.11. The lowest BCUT2D eigenvalue weighted by Crippen LogP contribution is -2.02. The van der Waals surface area contributed by atoms with Crippen LogP contribution in [0, 0.1) is 0 Å². The van der Waals surface area contributed by atoms with E-state index in [2.05, 4.69) is 16.4 Å². The minimum absolute atomic E-state index is 0.0478. The van der Waals surface area contributed by atoms with E-state index < -0.39 is 0 Å². The van der Waals surface area contributed by atoms with Crippen molar-refractivity contribution in [3.8, 4) is 0 Å². The Morgan fingerprint density at radius 2 is 1.80 bits per heavy atom. The van der Waals surface area contributed by atoms with Crippen LogP contribution >= 0.6 is 11.6 Å².